The maximum atomic E-state index is 9.37. The second-order valence-corrected chi connectivity index (χ2v) is 9.73. The van der Waals surface area contributed by atoms with E-state index in [1.54, 1.807) is 17.5 Å². The lowest BCUT2D eigenvalue weighted by Gasteiger charge is -2.35. The second-order valence-electron chi connectivity index (χ2n) is 7.42. The highest BCUT2D eigenvalue weighted by molar-refractivity contribution is 9.11. The first-order chi connectivity index (χ1) is 14.1. The first-order valence-electron chi connectivity index (χ1n) is 9.54. The SMILES string of the molecule is Cn1ccnc1-c1nc(NC2CC(CO)C2)c2c(-c3ccccc3)c(Br)sc2n1. The average molecular weight is 470 g/mol. The van der Waals surface area contributed by atoms with E-state index in [0.29, 0.717) is 17.8 Å². The minimum absolute atomic E-state index is 0.245. The molecule has 0 radical (unpaired) electrons. The van der Waals surface area contributed by atoms with Gasteiger partial charge in [-0.15, -0.1) is 11.3 Å². The molecule has 0 amide bonds. The summed E-state index contributed by atoms with van der Waals surface area (Å²) in [4.78, 5) is 15.1. The van der Waals surface area contributed by atoms with Crippen molar-refractivity contribution in [3.8, 4) is 22.8 Å². The molecule has 3 heterocycles. The van der Waals surface area contributed by atoms with Crippen LogP contribution in [-0.2, 0) is 7.05 Å². The van der Waals surface area contributed by atoms with Crippen molar-refractivity contribution in [1.29, 1.82) is 0 Å². The van der Waals surface area contributed by atoms with Crippen LogP contribution in [0.15, 0.2) is 46.5 Å². The summed E-state index contributed by atoms with van der Waals surface area (Å²) in [5, 5.41) is 14.0. The molecule has 1 fully saturated rings. The first-order valence-corrected chi connectivity index (χ1v) is 11.2. The molecule has 1 saturated carbocycles. The molecule has 4 aromatic rings. The van der Waals surface area contributed by atoms with E-state index >= 15 is 0 Å². The molecule has 1 aliphatic rings. The van der Waals surface area contributed by atoms with E-state index in [1.807, 2.05) is 36.0 Å². The summed E-state index contributed by atoms with van der Waals surface area (Å²) in [6.07, 6.45) is 5.55. The fraction of sp³-hybridized carbons (Fsp3) is 0.286. The van der Waals surface area contributed by atoms with Crippen LogP contribution in [0.4, 0.5) is 5.82 Å². The van der Waals surface area contributed by atoms with Gasteiger partial charge in [0.25, 0.3) is 0 Å². The van der Waals surface area contributed by atoms with Crippen LogP contribution in [0.2, 0.25) is 0 Å². The Balaban J connectivity index is 1.68. The van der Waals surface area contributed by atoms with Gasteiger partial charge in [-0.2, -0.15) is 0 Å². The van der Waals surface area contributed by atoms with Crippen molar-refractivity contribution >= 4 is 43.3 Å². The highest BCUT2D eigenvalue weighted by atomic mass is 79.9. The second kappa shape index (κ2) is 7.51. The van der Waals surface area contributed by atoms with Crippen molar-refractivity contribution in [3.63, 3.8) is 0 Å². The van der Waals surface area contributed by atoms with Crippen LogP contribution in [0, 0.1) is 5.92 Å². The minimum Gasteiger partial charge on any atom is -0.396 e. The standard InChI is InChI=1S/C21H20BrN5OS/c1-27-8-7-23-20(27)19-25-18(24-14-9-12(10-14)11-28)16-15(13-5-3-2-4-6-13)17(22)29-21(16)26-19/h2-8,12,14,28H,9-11H2,1H3,(H,24,25,26). The summed E-state index contributed by atoms with van der Waals surface area (Å²) in [7, 11) is 1.94. The van der Waals surface area contributed by atoms with E-state index < -0.39 is 0 Å². The number of rotatable bonds is 5. The third kappa shape index (κ3) is 3.35. The Morgan fingerprint density at radius 1 is 1.24 bits per heavy atom. The lowest BCUT2D eigenvalue weighted by atomic mass is 9.81. The van der Waals surface area contributed by atoms with Gasteiger partial charge in [-0.05, 0) is 40.3 Å². The summed E-state index contributed by atoms with van der Waals surface area (Å²) in [5.74, 6) is 2.55. The zero-order chi connectivity index (χ0) is 20.0. The number of hydrogen-bond donors (Lipinski definition) is 2. The van der Waals surface area contributed by atoms with E-state index in [2.05, 4.69) is 38.4 Å². The zero-order valence-corrected chi connectivity index (χ0v) is 18.2. The Hall–Kier alpha value is -2.29. The summed E-state index contributed by atoms with van der Waals surface area (Å²) in [5.41, 5.74) is 2.24. The zero-order valence-electron chi connectivity index (χ0n) is 15.8. The quantitative estimate of drug-likeness (QED) is 0.442. The molecule has 2 N–H and O–H groups in total. The van der Waals surface area contributed by atoms with E-state index in [4.69, 9.17) is 9.97 Å². The lowest BCUT2D eigenvalue weighted by molar-refractivity contribution is 0.151. The minimum atomic E-state index is 0.245. The van der Waals surface area contributed by atoms with Gasteiger partial charge in [0.05, 0.1) is 9.17 Å². The predicted octanol–water partition coefficient (Wildman–Crippen LogP) is 4.70. The number of aliphatic hydroxyl groups is 1. The van der Waals surface area contributed by atoms with Crippen LogP contribution >= 0.6 is 27.3 Å². The largest absolute Gasteiger partial charge is 0.396 e. The van der Waals surface area contributed by atoms with Crippen LogP contribution in [0.25, 0.3) is 33.0 Å². The topological polar surface area (TPSA) is 75.9 Å². The van der Waals surface area contributed by atoms with E-state index in [0.717, 1.165) is 49.6 Å². The van der Waals surface area contributed by atoms with Gasteiger partial charge in [-0.1, -0.05) is 30.3 Å². The molecule has 0 bridgehead atoms. The van der Waals surface area contributed by atoms with Crippen molar-refractivity contribution in [2.45, 2.75) is 18.9 Å². The number of aryl methyl sites for hydroxylation is 1. The molecule has 0 aliphatic heterocycles. The van der Waals surface area contributed by atoms with Gasteiger partial charge >= 0.3 is 0 Å². The van der Waals surface area contributed by atoms with E-state index in [1.165, 1.54) is 0 Å². The third-order valence-corrected chi connectivity index (χ3v) is 7.18. The summed E-state index contributed by atoms with van der Waals surface area (Å²) in [6.45, 7) is 0.245. The van der Waals surface area contributed by atoms with Crippen LogP contribution < -0.4 is 5.32 Å². The number of nitrogens with zero attached hydrogens (tertiary/aromatic N) is 4. The Morgan fingerprint density at radius 3 is 2.72 bits per heavy atom. The highest BCUT2D eigenvalue weighted by Gasteiger charge is 2.30. The molecule has 5 rings (SSSR count). The molecule has 0 unspecified atom stereocenters. The number of fused-ring (bicyclic) bond motifs is 1. The molecule has 0 atom stereocenters. The predicted molar refractivity (Wildman–Crippen MR) is 120 cm³/mol. The van der Waals surface area contributed by atoms with Crippen molar-refractivity contribution in [2.24, 2.45) is 13.0 Å². The third-order valence-electron chi connectivity index (χ3n) is 5.43. The smallest absolute Gasteiger partial charge is 0.199 e. The number of nitrogens with one attached hydrogen (secondary N) is 1. The number of benzene rings is 1. The van der Waals surface area contributed by atoms with Gasteiger partial charge in [-0.25, -0.2) is 15.0 Å². The first kappa shape index (κ1) is 18.7. The number of anilines is 1. The molecule has 29 heavy (non-hydrogen) atoms. The molecule has 3 aromatic heterocycles. The van der Waals surface area contributed by atoms with Crippen LogP contribution in [0.5, 0.6) is 0 Å². The number of halogens is 1. The molecule has 8 heteroatoms. The summed E-state index contributed by atoms with van der Waals surface area (Å²) < 4.78 is 2.96. The fourth-order valence-corrected chi connectivity index (χ4v) is 5.63. The monoisotopic (exact) mass is 469 g/mol. The molecule has 0 saturated heterocycles. The van der Waals surface area contributed by atoms with Crippen molar-refractivity contribution in [1.82, 2.24) is 19.5 Å². The maximum Gasteiger partial charge on any atom is 0.199 e. The lowest BCUT2D eigenvalue weighted by Crippen LogP contribution is -2.37. The fourth-order valence-electron chi connectivity index (χ4n) is 3.82. The number of imidazole rings is 1. The van der Waals surface area contributed by atoms with E-state index in [-0.39, 0.29) is 6.61 Å². The number of aromatic nitrogens is 4. The van der Waals surface area contributed by atoms with Crippen molar-refractivity contribution < 1.29 is 5.11 Å². The Morgan fingerprint density at radius 2 is 2.03 bits per heavy atom. The highest BCUT2D eigenvalue weighted by Crippen LogP contribution is 2.45. The Bertz CT molecular complexity index is 1170. The van der Waals surface area contributed by atoms with Gasteiger partial charge in [0.2, 0.25) is 0 Å². The van der Waals surface area contributed by atoms with Gasteiger partial charge in [0.15, 0.2) is 11.6 Å². The van der Waals surface area contributed by atoms with Crippen LogP contribution in [0.3, 0.4) is 0 Å². The average Bonchev–Trinajstić information content (AvgIpc) is 3.27. The number of thiophene rings is 1. The summed E-state index contributed by atoms with van der Waals surface area (Å²) in [6, 6.07) is 10.6. The van der Waals surface area contributed by atoms with Gasteiger partial charge in [0.1, 0.15) is 10.6 Å². The van der Waals surface area contributed by atoms with Crippen molar-refractivity contribution in [2.75, 3.05) is 11.9 Å². The molecular weight excluding hydrogens is 450 g/mol. The summed E-state index contributed by atoms with van der Waals surface area (Å²) >= 11 is 5.37. The molecule has 1 aliphatic carbocycles. The molecule has 148 valence electrons. The Labute approximate surface area is 180 Å². The van der Waals surface area contributed by atoms with Crippen LogP contribution in [0.1, 0.15) is 12.8 Å². The molecular formula is C21H20BrN5OS. The Kier molecular flexibility index (Phi) is 4.85. The number of aliphatic hydroxyl groups excluding tert-OH is 1. The number of hydrogen-bond acceptors (Lipinski definition) is 6. The van der Waals surface area contributed by atoms with Crippen molar-refractivity contribution in [3.05, 3.63) is 46.5 Å². The van der Waals surface area contributed by atoms with Gasteiger partial charge < -0.3 is 15.0 Å². The molecule has 0 spiro atoms. The molecule has 6 nitrogen and oxygen atoms in total. The maximum absolute atomic E-state index is 9.37. The van der Waals surface area contributed by atoms with Crippen LogP contribution in [-0.4, -0.2) is 37.3 Å². The normalized spacial score (nSPS) is 18.7. The van der Waals surface area contributed by atoms with Gasteiger partial charge in [0, 0.05) is 37.7 Å². The van der Waals surface area contributed by atoms with Gasteiger partial charge in [-0.3, -0.25) is 0 Å². The van der Waals surface area contributed by atoms with E-state index in [9.17, 15) is 5.11 Å². The molecule has 1 aromatic carbocycles.